The second kappa shape index (κ2) is 8.71. The Balaban J connectivity index is 1.89. The molecule has 0 bridgehead atoms. The van der Waals surface area contributed by atoms with Crippen molar-refractivity contribution >= 4 is 12.0 Å². The van der Waals surface area contributed by atoms with E-state index in [2.05, 4.69) is 20.8 Å². The van der Waals surface area contributed by atoms with Crippen LogP contribution in [0.25, 0.3) is 0 Å². The van der Waals surface area contributed by atoms with Crippen LogP contribution in [-0.4, -0.2) is 33.3 Å². The number of carbonyl (C=O) groups is 2. The molecule has 0 aliphatic carbocycles. The molecule has 1 atom stereocenters. The summed E-state index contributed by atoms with van der Waals surface area (Å²) in [6.45, 7) is 2.25. The number of aromatic nitrogens is 2. The van der Waals surface area contributed by atoms with Crippen molar-refractivity contribution in [1.29, 1.82) is 0 Å². The van der Waals surface area contributed by atoms with Crippen LogP contribution in [0.4, 0.5) is 4.79 Å². The average molecular weight is 330 g/mol. The summed E-state index contributed by atoms with van der Waals surface area (Å²) in [6.07, 6.45) is 2.65. The normalized spacial score (nSPS) is 11.7. The molecule has 2 amide bonds. The third kappa shape index (κ3) is 5.75. The predicted molar refractivity (Wildman–Crippen MR) is 89.5 cm³/mol. The van der Waals surface area contributed by atoms with Gasteiger partial charge in [-0.1, -0.05) is 30.3 Å². The van der Waals surface area contributed by atoms with E-state index in [9.17, 15) is 9.59 Å². The molecule has 2 rings (SSSR count). The molecule has 0 spiro atoms. The first-order valence-corrected chi connectivity index (χ1v) is 7.83. The number of carbonyl (C=O) groups excluding carboxylic acids is 1. The molecule has 24 heavy (non-hydrogen) atoms. The van der Waals surface area contributed by atoms with Gasteiger partial charge in [-0.2, -0.15) is 5.10 Å². The number of urea groups is 1. The van der Waals surface area contributed by atoms with E-state index in [1.165, 1.54) is 0 Å². The Morgan fingerprint density at radius 2 is 2.04 bits per heavy atom. The topological polar surface area (TPSA) is 107 Å². The van der Waals surface area contributed by atoms with Crippen molar-refractivity contribution in [2.45, 2.75) is 38.8 Å². The van der Waals surface area contributed by atoms with Crippen molar-refractivity contribution in [3.8, 4) is 0 Å². The first-order chi connectivity index (χ1) is 11.5. The molecule has 128 valence electrons. The number of nitrogens with one attached hydrogen (secondary N) is 3. The van der Waals surface area contributed by atoms with Gasteiger partial charge in [0.05, 0.1) is 6.20 Å². The quantitative estimate of drug-likeness (QED) is 0.594. The van der Waals surface area contributed by atoms with E-state index in [0.29, 0.717) is 19.4 Å². The zero-order chi connectivity index (χ0) is 17.4. The van der Waals surface area contributed by atoms with Crippen LogP contribution < -0.4 is 10.6 Å². The Bertz CT molecular complexity index is 669. The molecule has 7 heteroatoms. The molecule has 1 aromatic heterocycles. The predicted octanol–water partition coefficient (Wildman–Crippen LogP) is 1.99. The van der Waals surface area contributed by atoms with Crippen LogP contribution in [0.1, 0.15) is 29.7 Å². The second-order valence-electron chi connectivity index (χ2n) is 5.67. The molecule has 0 saturated carbocycles. The van der Waals surface area contributed by atoms with Crippen LogP contribution in [0.2, 0.25) is 0 Å². The van der Waals surface area contributed by atoms with Crippen molar-refractivity contribution in [3.05, 3.63) is 53.3 Å². The van der Waals surface area contributed by atoms with Crippen molar-refractivity contribution < 1.29 is 14.7 Å². The lowest BCUT2D eigenvalue weighted by Gasteiger charge is -2.18. The maximum atomic E-state index is 12.1. The Labute approximate surface area is 140 Å². The number of carboxylic acids is 1. The molecule has 0 aliphatic heterocycles. The third-order valence-corrected chi connectivity index (χ3v) is 3.74. The zero-order valence-electron chi connectivity index (χ0n) is 13.6. The standard InChI is InChI=1S/C17H22N4O3/c1-12-14(11-19-21-12)10-18-17(24)20-15(7-8-16(22)23)9-13-5-3-2-4-6-13/h2-6,11,15H,7-10H2,1H3,(H,19,21)(H,22,23)(H2,18,20,24). The minimum atomic E-state index is -0.871. The van der Waals surface area contributed by atoms with E-state index in [1.807, 2.05) is 37.3 Å². The van der Waals surface area contributed by atoms with Crippen molar-refractivity contribution in [2.75, 3.05) is 0 Å². The lowest BCUT2D eigenvalue weighted by atomic mass is 10.0. The summed E-state index contributed by atoms with van der Waals surface area (Å²) >= 11 is 0. The molecular formula is C17H22N4O3. The first-order valence-electron chi connectivity index (χ1n) is 7.83. The molecule has 0 radical (unpaired) electrons. The Hall–Kier alpha value is -2.83. The number of rotatable bonds is 8. The van der Waals surface area contributed by atoms with Gasteiger partial charge in [0.25, 0.3) is 0 Å². The van der Waals surface area contributed by atoms with Gasteiger partial charge in [0, 0.05) is 30.3 Å². The summed E-state index contributed by atoms with van der Waals surface area (Å²) < 4.78 is 0. The van der Waals surface area contributed by atoms with Gasteiger partial charge in [0.1, 0.15) is 0 Å². The van der Waals surface area contributed by atoms with E-state index in [0.717, 1.165) is 16.8 Å². The van der Waals surface area contributed by atoms with Gasteiger partial charge in [-0.05, 0) is 25.3 Å². The van der Waals surface area contributed by atoms with E-state index < -0.39 is 5.97 Å². The average Bonchev–Trinajstić information content (AvgIpc) is 2.97. The maximum Gasteiger partial charge on any atom is 0.315 e. The summed E-state index contributed by atoms with van der Waals surface area (Å²) in [7, 11) is 0. The fourth-order valence-corrected chi connectivity index (χ4v) is 2.39. The van der Waals surface area contributed by atoms with Gasteiger partial charge in [0.15, 0.2) is 0 Å². The number of H-pyrrole nitrogens is 1. The molecule has 1 heterocycles. The zero-order valence-corrected chi connectivity index (χ0v) is 13.6. The molecule has 0 saturated heterocycles. The van der Waals surface area contributed by atoms with Crippen LogP contribution in [0.3, 0.4) is 0 Å². The number of benzene rings is 1. The van der Waals surface area contributed by atoms with Crippen LogP contribution >= 0.6 is 0 Å². The SMILES string of the molecule is Cc1[nH]ncc1CNC(=O)NC(CCC(=O)O)Cc1ccccc1. The lowest BCUT2D eigenvalue weighted by Crippen LogP contribution is -2.43. The van der Waals surface area contributed by atoms with Gasteiger partial charge in [-0.3, -0.25) is 9.89 Å². The number of aromatic amines is 1. The molecule has 0 fully saturated rings. The smallest absolute Gasteiger partial charge is 0.315 e. The monoisotopic (exact) mass is 330 g/mol. The lowest BCUT2D eigenvalue weighted by molar-refractivity contribution is -0.137. The van der Waals surface area contributed by atoms with Gasteiger partial charge >= 0.3 is 12.0 Å². The number of hydrogen-bond acceptors (Lipinski definition) is 3. The number of aryl methyl sites for hydroxylation is 1. The summed E-state index contributed by atoms with van der Waals surface area (Å²) in [5, 5.41) is 21.2. The molecule has 0 aliphatic rings. The fourth-order valence-electron chi connectivity index (χ4n) is 2.39. The minimum absolute atomic E-state index is 0.0125. The Morgan fingerprint density at radius 1 is 1.29 bits per heavy atom. The van der Waals surface area contributed by atoms with Crippen molar-refractivity contribution in [3.63, 3.8) is 0 Å². The largest absolute Gasteiger partial charge is 0.481 e. The van der Waals surface area contributed by atoms with Gasteiger partial charge < -0.3 is 15.7 Å². The van der Waals surface area contributed by atoms with Gasteiger partial charge in [-0.15, -0.1) is 0 Å². The van der Waals surface area contributed by atoms with Crippen LogP contribution in [0.5, 0.6) is 0 Å². The highest BCUT2D eigenvalue weighted by molar-refractivity contribution is 5.74. The first kappa shape index (κ1) is 17.5. The third-order valence-electron chi connectivity index (χ3n) is 3.74. The highest BCUT2D eigenvalue weighted by Gasteiger charge is 2.15. The summed E-state index contributed by atoms with van der Waals surface area (Å²) in [4.78, 5) is 22.9. The van der Waals surface area contributed by atoms with E-state index in [4.69, 9.17) is 5.11 Å². The number of nitrogens with zero attached hydrogens (tertiary/aromatic N) is 1. The summed E-state index contributed by atoms with van der Waals surface area (Å²) in [6, 6.07) is 9.13. The van der Waals surface area contributed by atoms with Crippen molar-refractivity contribution in [1.82, 2.24) is 20.8 Å². The molecule has 2 aromatic rings. The van der Waals surface area contributed by atoms with Gasteiger partial charge in [0.2, 0.25) is 0 Å². The van der Waals surface area contributed by atoms with Crippen LogP contribution in [0.15, 0.2) is 36.5 Å². The van der Waals surface area contributed by atoms with Gasteiger partial charge in [-0.25, -0.2) is 4.79 Å². The number of aliphatic carboxylic acids is 1. The highest BCUT2D eigenvalue weighted by atomic mass is 16.4. The Kier molecular flexibility index (Phi) is 6.36. The molecule has 1 unspecified atom stereocenters. The molecule has 4 N–H and O–H groups in total. The minimum Gasteiger partial charge on any atom is -0.481 e. The fraction of sp³-hybridized carbons (Fsp3) is 0.353. The van der Waals surface area contributed by atoms with Crippen LogP contribution in [0, 0.1) is 6.92 Å². The summed E-state index contributed by atoms with van der Waals surface area (Å²) in [5.74, 6) is -0.871. The summed E-state index contributed by atoms with van der Waals surface area (Å²) in [5.41, 5.74) is 2.87. The van der Waals surface area contributed by atoms with E-state index in [-0.39, 0.29) is 18.5 Å². The second-order valence-corrected chi connectivity index (χ2v) is 5.67. The number of hydrogen-bond donors (Lipinski definition) is 4. The molecular weight excluding hydrogens is 308 g/mol. The highest BCUT2D eigenvalue weighted by Crippen LogP contribution is 2.08. The van der Waals surface area contributed by atoms with Crippen LogP contribution in [-0.2, 0) is 17.8 Å². The maximum absolute atomic E-state index is 12.1. The number of carboxylic acid groups (broad SMARTS) is 1. The number of amides is 2. The molecule has 7 nitrogen and oxygen atoms in total. The van der Waals surface area contributed by atoms with E-state index >= 15 is 0 Å². The molecule has 1 aromatic carbocycles. The van der Waals surface area contributed by atoms with E-state index in [1.54, 1.807) is 6.20 Å². The van der Waals surface area contributed by atoms with Crippen molar-refractivity contribution in [2.24, 2.45) is 0 Å². The Morgan fingerprint density at radius 3 is 2.67 bits per heavy atom.